The van der Waals surface area contributed by atoms with E-state index in [1.165, 1.54) is 18.4 Å². The van der Waals surface area contributed by atoms with Crippen molar-refractivity contribution in [3.8, 4) is 0 Å². The van der Waals surface area contributed by atoms with Crippen LogP contribution in [0.4, 0.5) is 11.4 Å². The second kappa shape index (κ2) is 4.74. The summed E-state index contributed by atoms with van der Waals surface area (Å²) in [6.07, 6.45) is 3.89. The Morgan fingerprint density at radius 3 is 2.94 bits per heavy atom. The molecule has 2 unspecified atom stereocenters. The van der Waals surface area contributed by atoms with E-state index < -0.39 is 0 Å². The lowest BCUT2D eigenvalue weighted by molar-refractivity contribution is 0.101. The molecule has 1 aromatic rings. The van der Waals surface area contributed by atoms with Crippen molar-refractivity contribution in [1.82, 2.24) is 0 Å². The molecular weight excluding hydrogens is 200 g/mol. The molecule has 0 aliphatic heterocycles. The highest BCUT2D eigenvalue weighted by Gasteiger charge is 2.27. The van der Waals surface area contributed by atoms with Gasteiger partial charge in [0.05, 0.1) is 12.1 Å². The van der Waals surface area contributed by atoms with Gasteiger partial charge in [0.1, 0.15) is 0 Å². The first-order valence-corrected chi connectivity index (χ1v) is 5.86. The number of nitrogen functional groups attached to an aromatic ring is 1. The highest BCUT2D eigenvalue weighted by molar-refractivity contribution is 5.59. The third-order valence-electron chi connectivity index (χ3n) is 3.36. The van der Waals surface area contributed by atoms with Gasteiger partial charge in [-0.05, 0) is 43.9 Å². The number of anilines is 2. The second-order valence-corrected chi connectivity index (χ2v) is 4.53. The Kier molecular flexibility index (Phi) is 3.34. The van der Waals surface area contributed by atoms with Crippen LogP contribution in [0, 0.1) is 6.92 Å². The molecule has 1 saturated carbocycles. The maximum Gasteiger partial charge on any atom is 0.0772 e. The molecule has 16 heavy (non-hydrogen) atoms. The number of benzene rings is 1. The third kappa shape index (κ3) is 2.30. The van der Waals surface area contributed by atoms with Crippen molar-refractivity contribution in [2.45, 2.75) is 38.3 Å². The summed E-state index contributed by atoms with van der Waals surface area (Å²) in [5.74, 6) is 0. The molecule has 1 fully saturated rings. The van der Waals surface area contributed by atoms with Gasteiger partial charge >= 0.3 is 0 Å². The van der Waals surface area contributed by atoms with Crippen LogP contribution < -0.4 is 11.1 Å². The predicted molar refractivity (Wildman–Crippen MR) is 67.7 cm³/mol. The van der Waals surface area contributed by atoms with Gasteiger partial charge in [-0.25, -0.2) is 0 Å². The SMILES string of the molecule is COC1CCCC1Nc1cc(N)ccc1C. The van der Waals surface area contributed by atoms with Crippen LogP contribution in [0.1, 0.15) is 24.8 Å². The number of nitrogens with two attached hydrogens (primary N) is 1. The van der Waals surface area contributed by atoms with Crippen LogP contribution in [-0.4, -0.2) is 19.3 Å². The molecule has 1 aliphatic carbocycles. The van der Waals surface area contributed by atoms with Gasteiger partial charge in [-0.15, -0.1) is 0 Å². The normalized spacial score (nSPS) is 24.6. The van der Waals surface area contributed by atoms with Gasteiger partial charge in [0.15, 0.2) is 0 Å². The predicted octanol–water partition coefficient (Wildman–Crippen LogP) is 2.56. The topological polar surface area (TPSA) is 47.3 Å². The van der Waals surface area contributed by atoms with Crippen molar-refractivity contribution < 1.29 is 4.74 Å². The van der Waals surface area contributed by atoms with E-state index in [0.29, 0.717) is 12.1 Å². The summed E-state index contributed by atoms with van der Waals surface area (Å²) in [5.41, 5.74) is 8.97. The van der Waals surface area contributed by atoms with Crippen molar-refractivity contribution in [2.75, 3.05) is 18.2 Å². The van der Waals surface area contributed by atoms with Crippen LogP contribution in [0.15, 0.2) is 18.2 Å². The zero-order chi connectivity index (χ0) is 11.5. The van der Waals surface area contributed by atoms with Crippen LogP contribution in [0.5, 0.6) is 0 Å². The lowest BCUT2D eigenvalue weighted by atomic mass is 10.1. The Morgan fingerprint density at radius 1 is 1.38 bits per heavy atom. The molecule has 2 atom stereocenters. The molecule has 88 valence electrons. The van der Waals surface area contributed by atoms with E-state index in [1.807, 2.05) is 12.1 Å². The molecule has 0 heterocycles. The maximum atomic E-state index is 5.80. The summed E-state index contributed by atoms with van der Waals surface area (Å²) in [7, 11) is 1.79. The van der Waals surface area contributed by atoms with E-state index in [1.54, 1.807) is 7.11 Å². The van der Waals surface area contributed by atoms with Crippen molar-refractivity contribution in [3.63, 3.8) is 0 Å². The Balaban J connectivity index is 2.11. The van der Waals surface area contributed by atoms with Crippen LogP contribution in [0.2, 0.25) is 0 Å². The minimum absolute atomic E-state index is 0.334. The van der Waals surface area contributed by atoms with E-state index in [4.69, 9.17) is 10.5 Å². The molecule has 0 spiro atoms. The lowest BCUT2D eigenvalue weighted by Gasteiger charge is -2.22. The van der Waals surface area contributed by atoms with Gasteiger partial charge in [-0.2, -0.15) is 0 Å². The van der Waals surface area contributed by atoms with Crippen molar-refractivity contribution in [3.05, 3.63) is 23.8 Å². The van der Waals surface area contributed by atoms with Crippen LogP contribution in [-0.2, 0) is 4.74 Å². The van der Waals surface area contributed by atoms with Crippen molar-refractivity contribution >= 4 is 11.4 Å². The van der Waals surface area contributed by atoms with Gasteiger partial charge in [0, 0.05) is 18.5 Å². The largest absolute Gasteiger partial charge is 0.399 e. The molecule has 0 aromatic heterocycles. The van der Waals surface area contributed by atoms with Crippen molar-refractivity contribution in [1.29, 1.82) is 0 Å². The zero-order valence-electron chi connectivity index (χ0n) is 9.99. The number of rotatable bonds is 3. The van der Waals surface area contributed by atoms with Gasteiger partial charge in [0.2, 0.25) is 0 Å². The average Bonchev–Trinajstić information content (AvgIpc) is 2.71. The van der Waals surface area contributed by atoms with Crippen LogP contribution in [0.3, 0.4) is 0 Å². The number of aryl methyl sites for hydroxylation is 1. The number of nitrogens with one attached hydrogen (secondary N) is 1. The highest BCUT2D eigenvalue weighted by atomic mass is 16.5. The monoisotopic (exact) mass is 220 g/mol. The highest BCUT2D eigenvalue weighted by Crippen LogP contribution is 2.27. The first kappa shape index (κ1) is 11.3. The molecule has 1 aromatic carbocycles. The fourth-order valence-electron chi connectivity index (χ4n) is 2.37. The average molecular weight is 220 g/mol. The van der Waals surface area contributed by atoms with Gasteiger partial charge < -0.3 is 15.8 Å². The first-order chi connectivity index (χ1) is 7.70. The molecule has 1 aliphatic rings. The van der Waals surface area contributed by atoms with Crippen molar-refractivity contribution in [2.24, 2.45) is 0 Å². The van der Waals surface area contributed by atoms with Gasteiger partial charge in [-0.1, -0.05) is 6.07 Å². The summed E-state index contributed by atoms with van der Waals surface area (Å²) in [4.78, 5) is 0. The number of ether oxygens (including phenoxy) is 1. The maximum absolute atomic E-state index is 5.80. The second-order valence-electron chi connectivity index (χ2n) is 4.53. The summed E-state index contributed by atoms with van der Waals surface area (Å²) >= 11 is 0. The molecule has 0 amide bonds. The standard InChI is InChI=1S/C13H20N2O/c1-9-6-7-10(14)8-12(9)15-11-4-3-5-13(11)16-2/h6-8,11,13,15H,3-5,14H2,1-2H3. The Morgan fingerprint density at radius 2 is 2.19 bits per heavy atom. The number of hydrogen-bond donors (Lipinski definition) is 2. The molecule has 2 rings (SSSR count). The molecular formula is C13H20N2O. The summed E-state index contributed by atoms with van der Waals surface area (Å²) in [5, 5.41) is 3.55. The quantitative estimate of drug-likeness (QED) is 0.770. The van der Waals surface area contributed by atoms with Crippen LogP contribution >= 0.6 is 0 Å². The minimum atomic E-state index is 0.334. The first-order valence-electron chi connectivity index (χ1n) is 5.86. The van der Waals surface area contributed by atoms with E-state index in [0.717, 1.165) is 17.8 Å². The Labute approximate surface area is 97.0 Å². The molecule has 0 radical (unpaired) electrons. The number of methoxy groups -OCH3 is 1. The van der Waals surface area contributed by atoms with E-state index in [2.05, 4.69) is 18.3 Å². The Hall–Kier alpha value is -1.22. The Bertz CT molecular complexity index is 365. The summed E-state index contributed by atoms with van der Waals surface area (Å²) < 4.78 is 5.47. The molecule has 3 heteroatoms. The lowest BCUT2D eigenvalue weighted by Crippen LogP contribution is -2.30. The fourth-order valence-corrected chi connectivity index (χ4v) is 2.37. The smallest absolute Gasteiger partial charge is 0.0772 e. The van der Waals surface area contributed by atoms with Gasteiger partial charge in [0.25, 0.3) is 0 Å². The van der Waals surface area contributed by atoms with E-state index in [-0.39, 0.29) is 0 Å². The summed E-state index contributed by atoms with van der Waals surface area (Å²) in [6, 6.07) is 6.41. The minimum Gasteiger partial charge on any atom is -0.399 e. The molecule has 3 nitrogen and oxygen atoms in total. The van der Waals surface area contributed by atoms with E-state index >= 15 is 0 Å². The fraction of sp³-hybridized carbons (Fsp3) is 0.538. The summed E-state index contributed by atoms with van der Waals surface area (Å²) in [6.45, 7) is 2.10. The number of hydrogen-bond acceptors (Lipinski definition) is 3. The van der Waals surface area contributed by atoms with Crippen LogP contribution in [0.25, 0.3) is 0 Å². The molecule has 3 N–H and O–H groups in total. The molecule has 0 bridgehead atoms. The zero-order valence-corrected chi connectivity index (χ0v) is 9.99. The molecule has 0 saturated heterocycles. The van der Waals surface area contributed by atoms with Gasteiger partial charge in [-0.3, -0.25) is 0 Å². The third-order valence-corrected chi connectivity index (χ3v) is 3.36. The van der Waals surface area contributed by atoms with E-state index in [9.17, 15) is 0 Å².